The van der Waals surface area contributed by atoms with Crippen LogP contribution in [0.5, 0.6) is 5.75 Å². The Bertz CT molecular complexity index is 1090. The predicted molar refractivity (Wildman–Crippen MR) is 117 cm³/mol. The van der Waals surface area contributed by atoms with Gasteiger partial charge in [-0.2, -0.15) is 4.31 Å². The standard InChI is InChI=1S/C22H27N3O6S/c1-15-4-6-17(7-5-15)13-23-21(26)22(27)24-14-20-25(10-11-31-20)32(28,29)18-8-9-19(30-3)16(2)12-18/h4-9,12,20H,10-11,13-14H2,1-3H3,(H,23,26)(H,24,27)/t20-/m0/s1. The Kier molecular flexibility index (Phi) is 7.49. The van der Waals surface area contributed by atoms with Crippen LogP contribution in [0.25, 0.3) is 0 Å². The lowest BCUT2D eigenvalue weighted by Gasteiger charge is -2.23. The van der Waals surface area contributed by atoms with E-state index in [9.17, 15) is 18.0 Å². The number of amides is 2. The number of methoxy groups -OCH3 is 1. The van der Waals surface area contributed by atoms with Crippen molar-refractivity contribution in [1.29, 1.82) is 0 Å². The average molecular weight is 462 g/mol. The van der Waals surface area contributed by atoms with Gasteiger partial charge in [0.05, 0.1) is 25.2 Å². The molecule has 1 aliphatic rings. The van der Waals surface area contributed by atoms with E-state index in [1.54, 1.807) is 13.0 Å². The monoisotopic (exact) mass is 461 g/mol. The zero-order valence-electron chi connectivity index (χ0n) is 18.3. The molecule has 0 bridgehead atoms. The first-order valence-corrected chi connectivity index (χ1v) is 11.6. The van der Waals surface area contributed by atoms with Gasteiger partial charge in [-0.1, -0.05) is 29.8 Å². The second kappa shape index (κ2) is 10.1. The van der Waals surface area contributed by atoms with Gasteiger partial charge >= 0.3 is 11.8 Å². The fourth-order valence-corrected chi connectivity index (χ4v) is 4.91. The van der Waals surface area contributed by atoms with E-state index < -0.39 is 28.1 Å². The Morgan fingerprint density at radius 3 is 2.44 bits per heavy atom. The van der Waals surface area contributed by atoms with E-state index in [4.69, 9.17) is 9.47 Å². The first kappa shape index (κ1) is 23.7. The molecule has 2 N–H and O–H groups in total. The smallest absolute Gasteiger partial charge is 0.309 e. The summed E-state index contributed by atoms with van der Waals surface area (Å²) in [6.45, 7) is 4.11. The van der Waals surface area contributed by atoms with Crippen molar-refractivity contribution in [3.05, 3.63) is 59.2 Å². The summed E-state index contributed by atoms with van der Waals surface area (Å²) in [6.07, 6.45) is -0.906. The molecule has 9 nitrogen and oxygen atoms in total. The number of hydrogen-bond donors (Lipinski definition) is 2. The number of nitrogens with one attached hydrogen (secondary N) is 2. The molecule has 2 aromatic rings. The minimum absolute atomic E-state index is 0.105. The summed E-state index contributed by atoms with van der Waals surface area (Å²) in [5, 5.41) is 4.99. The summed E-state index contributed by atoms with van der Waals surface area (Å²) >= 11 is 0. The van der Waals surface area contributed by atoms with Crippen LogP contribution >= 0.6 is 0 Å². The molecule has 32 heavy (non-hydrogen) atoms. The van der Waals surface area contributed by atoms with Crippen molar-refractivity contribution in [1.82, 2.24) is 14.9 Å². The molecule has 2 amide bonds. The van der Waals surface area contributed by atoms with E-state index in [2.05, 4.69) is 10.6 Å². The van der Waals surface area contributed by atoms with Crippen LogP contribution in [0.1, 0.15) is 16.7 Å². The Hall–Kier alpha value is -2.95. The molecule has 1 saturated heterocycles. The average Bonchev–Trinajstić information content (AvgIpc) is 3.26. The molecule has 0 unspecified atom stereocenters. The quantitative estimate of drug-likeness (QED) is 0.597. The second-order valence-electron chi connectivity index (χ2n) is 7.45. The molecular formula is C22H27N3O6S. The molecule has 3 rings (SSSR count). The highest BCUT2D eigenvalue weighted by atomic mass is 32.2. The van der Waals surface area contributed by atoms with Gasteiger partial charge in [0.15, 0.2) is 0 Å². The third-order valence-electron chi connectivity index (χ3n) is 5.13. The zero-order valence-corrected chi connectivity index (χ0v) is 19.1. The van der Waals surface area contributed by atoms with Crippen molar-refractivity contribution < 1.29 is 27.5 Å². The van der Waals surface area contributed by atoms with Gasteiger partial charge in [0, 0.05) is 13.1 Å². The van der Waals surface area contributed by atoms with Crippen LogP contribution in [0.2, 0.25) is 0 Å². The number of carbonyl (C=O) groups is 2. The van der Waals surface area contributed by atoms with Gasteiger partial charge in [-0.05, 0) is 43.2 Å². The zero-order chi connectivity index (χ0) is 23.3. The molecule has 2 aromatic carbocycles. The van der Waals surface area contributed by atoms with Gasteiger partial charge in [0.25, 0.3) is 0 Å². The fourth-order valence-electron chi connectivity index (χ4n) is 3.32. The Labute approximate surface area is 187 Å². The van der Waals surface area contributed by atoms with Gasteiger partial charge in [-0.15, -0.1) is 0 Å². The molecule has 172 valence electrons. The van der Waals surface area contributed by atoms with Crippen LogP contribution in [-0.4, -0.2) is 57.6 Å². The van der Waals surface area contributed by atoms with Crippen molar-refractivity contribution in [3.8, 4) is 5.75 Å². The summed E-state index contributed by atoms with van der Waals surface area (Å²) in [5.74, 6) is -1.07. The number of ether oxygens (including phenoxy) is 2. The van der Waals surface area contributed by atoms with Crippen molar-refractivity contribution in [2.75, 3.05) is 26.8 Å². The maximum absolute atomic E-state index is 13.1. The van der Waals surface area contributed by atoms with E-state index in [0.717, 1.165) is 11.1 Å². The number of aryl methyl sites for hydroxylation is 2. The molecule has 1 aliphatic heterocycles. The molecule has 1 fully saturated rings. The van der Waals surface area contributed by atoms with Crippen molar-refractivity contribution in [2.45, 2.75) is 31.5 Å². The van der Waals surface area contributed by atoms with Gasteiger partial charge in [-0.3, -0.25) is 9.59 Å². The molecule has 0 aliphatic carbocycles. The number of carbonyl (C=O) groups excluding carboxylic acids is 2. The minimum atomic E-state index is -3.85. The maximum atomic E-state index is 13.1. The number of benzene rings is 2. The lowest BCUT2D eigenvalue weighted by molar-refractivity contribution is -0.139. The molecule has 10 heteroatoms. The normalized spacial score (nSPS) is 16.5. The van der Waals surface area contributed by atoms with Gasteiger partial charge in [0.1, 0.15) is 12.0 Å². The second-order valence-corrected chi connectivity index (χ2v) is 9.34. The Balaban J connectivity index is 1.58. The molecule has 0 aromatic heterocycles. The van der Waals surface area contributed by atoms with Crippen molar-refractivity contribution in [2.24, 2.45) is 0 Å². The highest BCUT2D eigenvalue weighted by Gasteiger charge is 2.37. The molecule has 1 atom stereocenters. The molecule has 0 saturated carbocycles. The maximum Gasteiger partial charge on any atom is 0.309 e. The highest BCUT2D eigenvalue weighted by Crippen LogP contribution is 2.26. The lowest BCUT2D eigenvalue weighted by Crippen LogP contribution is -2.47. The summed E-state index contributed by atoms with van der Waals surface area (Å²) in [6, 6.07) is 12.1. The van der Waals surface area contributed by atoms with Gasteiger partial charge in [-0.25, -0.2) is 8.42 Å². The van der Waals surface area contributed by atoms with E-state index in [1.165, 1.54) is 23.5 Å². The molecular weight excluding hydrogens is 434 g/mol. The van der Waals surface area contributed by atoms with Crippen LogP contribution in [0.3, 0.4) is 0 Å². The van der Waals surface area contributed by atoms with Crippen LogP contribution in [0.4, 0.5) is 0 Å². The van der Waals surface area contributed by atoms with Crippen molar-refractivity contribution in [3.63, 3.8) is 0 Å². The molecule has 0 radical (unpaired) electrons. The number of nitrogens with zero attached hydrogens (tertiary/aromatic N) is 1. The Morgan fingerprint density at radius 2 is 1.78 bits per heavy atom. The SMILES string of the molecule is COc1ccc(S(=O)(=O)N2CCO[C@H]2CNC(=O)C(=O)NCc2ccc(C)cc2)cc1C. The highest BCUT2D eigenvalue weighted by molar-refractivity contribution is 7.89. The summed E-state index contributed by atoms with van der Waals surface area (Å²) in [7, 11) is -2.34. The van der Waals surface area contributed by atoms with E-state index in [1.807, 2.05) is 31.2 Å². The summed E-state index contributed by atoms with van der Waals surface area (Å²) in [4.78, 5) is 24.3. The van der Waals surface area contributed by atoms with Crippen LogP contribution in [0, 0.1) is 13.8 Å². The third kappa shape index (κ3) is 5.45. The minimum Gasteiger partial charge on any atom is -0.496 e. The summed E-state index contributed by atoms with van der Waals surface area (Å²) < 4.78 is 38.0. The van der Waals surface area contributed by atoms with Crippen LogP contribution < -0.4 is 15.4 Å². The van der Waals surface area contributed by atoms with E-state index >= 15 is 0 Å². The number of sulfonamides is 1. The largest absolute Gasteiger partial charge is 0.496 e. The van der Waals surface area contributed by atoms with Crippen LogP contribution in [0.15, 0.2) is 47.4 Å². The first-order chi connectivity index (χ1) is 15.2. The van der Waals surface area contributed by atoms with E-state index in [-0.39, 0.29) is 31.1 Å². The van der Waals surface area contributed by atoms with Gasteiger partial charge in [0.2, 0.25) is 10.0 Å². The number of hydrogen-bond acceptors (Lipinski definition) is 6. The van der Waals surface area contributed by atoms with E-state index in [0.29, 0.717) is 11.3 Å². The molecule has 1 heterocycles. The first-order valence-electron chi connectivity index (χ1n) is 10.1. The lowest BCUT2D eigenvalue weighted by atomic mass is 10.1. The predicted octanol–water partition coefficient (Wildman–Crippen LogP) is 1.09. The topological polar surface area (TPSA) is 114 Å². The van der Waals surface area contributed by atoms with Crippen molar-refractivity contribution >= 4 is 21.8 Å². The Morgan fingerprint density at radius 1 is 1.09 bits per heavy atom. The van der Waals surface area contributed by atoms with Crippen LogP contribution in [-0.2, 0) is 30.9 Å². The summed E-state index contributed by atoms with van der Waals surface area (Å²) in [5.41, 5.74) is 2.64. The third-order valence-corrected chi connectivity index (χ3v) is 7.02. The fraction of sp³-hybridized carbons (Fsp3) is 0.364. The number of rotatable bonds is 7. The van der Waals surface area contributed by atoms with Gasteiger partial charge < -0.3 is 20.1 Å². The molecule has 0 spiro atoms.